The molecule has 2 aromatic rings. The Morgan fingerprint density at radius 3 is 2.67 bits per heavy atom. The second kappa shape index (κ2) is 4.62. The lowest BCUT2D eigenvalue weighted by atomic mass is 10.2. The van der Waals surface area contributed by atoms with E-state index in [0.29, 0.717) is 11.3 Å². The van der Waals surface area contributed by atoms with Gasteiger partial charge in [0.25, 0.3) is 11.2 Å². The van der Waals surface area contributed by atoms with Gasteiger partial charge in [-0.15, -0.1) is 0 Å². The van der Waals surface area contributed by atoms with Crippen molar-refractivity contribution in [2.75, 3.05) is 0 Å². The molecule has 0 atom stereocenters. The van der Waals surface area contributed by atoms with Gasteiger partial charge in [-0.1, -0.05) is 17.7 Å². The van der Waals surface area contributed by atoms with E-state index in [0.717, 1.165) is 0 Å². The van der Waals surface area contributed by atoms with Crippen LogP contribution in [-0.4, -0.2) is 9.49 Å². The number of hydrogen-bond acceptors (Lipinski definition) is 3. The first-order chi connectivity index (χ1) is 8.50. The van der Waals surface area contributed by atoms with E-state index in [1.54, 1.807) is 25.3 Å². The molecule has 0 spiro atoms. The van der Waals surface area contributed by atoms with E-state index in [9.17, 15) is 14.9 Å². The van der Waals surface area contributed by atoms with E-state index in [1.807, 2.05) is 0 Å². The third-order valence-corrected chi connectivity index (χ3v) is 2.85. The summed E-state index contributed by atoms with van der Waals surface area (Å²) < 4.78 is 1.39. The third-order valence-electron chi connectivity index (χ3n) is 2.54. The molecule has 1 aromatic heterocycles. The van der Waals surface area contributed by atoms with E-state index in [4.69, 9.17) is 11.6 Å². The molecule has 5 nitrogen and oxygen atoms in total. The number of halogens is 1. The summed E-state index contributed by atoms with van der Waals surface area (Å²) in [6.07, 6.45) is 1.59. The van der Waals surface area contributed by atoms with Gasteiger partial charge in [0.15, 0.2) is 0 Å². The van der Waals surface area contributed by atoms with Crippen LogP contribution in [0.25, 0.3) is 5.69 Å². The summed E-state index contributed by atoms with van der Waals surface area (Å²) in [5.41, 5.74) is 0.731. The van der Waals surface area contributed by atoms with Crippen molar-refractivity contribution in [2.45, 2.75) is 6.92 Å². The van der Waals surface area contributed by atoms with Crippen molar-refractivity contribution >= 4 is 17.3 Å². The molecule has 0 fully saturated rings. The molecule has 0 aliphatic rings. The SMILES string of the molecule is Cc1cccn(-c2ccc([N+](=O)[O-])c(Cl)c2)c1=O. The fourth-order valence-electron chi connectivity index (χ4n) is 1.60. The number of nitro benzene ring substituents is 1. The van der Waals surface area contributed by atoms with E-state index < -0.39 is 4.92 Å². The minimum absolute atomic E-state index is 0.00547. The Balaban J connectivity index is 2.60. The monoisotopic (exact) mass is 264 g/mol. The zero-order valence-electron chi connectivity index (χ0n) is 9.46. The van der Waals surface area contributed by atoms with Crippen LogP contribution in [-0.2, 0) is 0 Å². The number of pyridine rings is 1. The Hall–Kier alpha value is -2.14. The highest BCUT2D eigenvalue weighted by Crippen LogP contribution is 2.26. The number of aryl methyl sites for hydroxylation is 1. The van der Waals surface area contributed by atoms with Crippen LogP contribution in [0.1, 0.15) is 5.56 Å². The van der Waals surface area contributed by atoms with Crippen LogP contribution >= 0.6 is 11.6 Å². The second-order valence-electron chi connectivity index (χ2n) is 3.76. The smallest absolute Gasteiger partial charge is 0.284 e. The van der Waals surface area contributed by atoms with Crippen molar-refractivity contribution in [3.63, 3.8) is 0 Å². The molecule has 0 aliphatic carbocycles. The van der Waals surface area contributed by atoms with Gasteiger partial charge in [0.05, 0.1) is 10.6 Å². The summed E-state index contributed by atoms with van der Waals surface area (Å²) in [6, 6.07) is 7.61. The van der Waals surface area contributed by atoms with Crippen LogP contribution in [0.15, 0.2) is 41.3 Å². The molecule has 0 saturated heterocycles. The normalized spacial score (nSPS) is 10.3. The Morgan fingerprint density at radius 2 is 2.06 bits per heavy atom. The highest BCUT2D eigenvalue weighted by Gasteiger charge is 2.13. The van der Waals surface area contributed by atoms with Gasteiger partial charge in [-0.05, 0) is 25.1 Å². The molecule has 0 amide bonds. The molecule has 0 aliphatic heterocycles. The molecule has 6 heteroatoms. The van der Waals surface area contributed by atoms with Gasteiger partial charge in [-0.3, -0.25) is 19.5 Å². The van der Waals surface area contributed by atoms with Crippen molar-refractivity contribution in [3.8, 4) is 5.69 Å². The summed E-state index contributed by atoms with van der Waals surface area (Å²) in [5, 5.41) is 10.6. The van der Waals surface area contributed by atoms with Crippen LogP contribution in [0.4, 0.5) is 5.69 Å². The topological polar surface area (TPSA) is 65.1 Å². The second-order valence-corrected chi connectivity index (χ2v) is 4.17. The molecule has 0 radical (unpaired) electrons. The van der Waals surface area contributed by atoms with E-state index in [2.05, 4.69) is 0 Å². The minimum Gasteiger partial charge on any atom is -0.284 e. The highest BCUT2D eigenvalue weighted by atomic mass is 35.5. The number of aromatic nitrogens is 1. The first kappa shape index (κ1) is 12.3. The lowest BCUT2D eigenvalue weighted by Crippen LogP contribution is -2.19. The van der Waals surface area contributed by atoms with Crippen LogP contribution in [0, 0.1) is 17.0 Å². The predicted molar refractivity (Wildman–Crippen MR) is 68.4 cm³/mol. The number of nitrogens with zero attached hydrogens (tertiary/aromatic N) is 2. The number of hydrogen-bond donors (Lipinski definition) is 0. The average Bonchev–Trinajstić information content (AvgIpc) is 2.32. The van der Waals surface area contributed by atoms with E-state index in [1.165, 1.54) is 22.8 Å². The maximum absolute atomic E-state index is 11.9. The van der Waals surface area contributed by atoms with Crippen molar-refractivity contribution in [3.05, 3.63) is 67.6 Å². The third kappa shape index (κ3) is 2.12. The van der Waals surface area contributed by atoms with Crippen molar-refractivity contribution in [1.29, 1.82) is 0 Å². The number of nitro groups is 1. The van der Waals surface area contributed by atoms with Crippen LogP contribution < -0.4 is 5.56 Å². The molecule has 1 heterocycles. The fraction of sp³-hybridized carbons (Fsp3) is 0.0833. The van der Waals surface area contributed by atoms with Gasteiger partial charge in [0, 0.05) is 17.8 Å². The van der Waals surface area contributed by atoms with Gasteiger partial charge in [-0.2, -0.15) is 0 Å². The summed E-state index contributed by atoms with van der Waals surface area (Å²) in [6.45, 7) is 1.70. The zero-order valence-corrected chi connectivity index (χ0v) is 10.2. The molecule has 0 saturated carbocycles. The molecule has 0 unspecified atom stereocenters. The van der Waals surface area contributed by atoms with Crippen LogP contribution in [0.5, 0.6) is 0 Å². The molecular weight excluding hydrogens is 256 g/mol. The summed E-state index contributed by atoms with van der Waals surface area (Å²) in [4.78, 5) is 22.0. The standard InChI is InChI=1S/C12H9ClN2O3/c1-8-3-2-6-14(12(8)16)9-4-5-11(15(17)18)10(13)7-9/h2-7H,1H3. The first-order valence-electron chi connectivity index (χ1n) is 5.13. The van der Waals surface area contributed by atoms with Crippen molar-refractivity contribution < 1.29 is 4.92 Å². The molecule has 1 aromatic carbocycles. The molecule has 92 valence electrons. The van der Waals surface area contributed by atoms with Crippen LogP contribution in [0.2, 0.25) is 5.02 Å². The minimum atomic E-state index is -0.564. The summed E-state index contributed by atoms with van der Waals surface area (Å²) in [5.74, 6) is 0. The Labute approximate surface area is 107 Å². The van der Waals surface area contributed by atoms with Crippen molar-refractivity contribution in [2.24, 2.45) is 0 Å². The van der Waals surface area contributed by atoms with Gasteiger partial charge < -0.3 is 0 Å². The lowest BCUT2D eigenvalue weighted by molar-refractivity contribution is -0.384. The predicted octanol–water partition coefficient (Wildman–Crippen LogP) is 2.71. The van der Waals surface area contributed by atoms with Crippen LogP contribution in [0.3, 0.4) is 0 Å². The maximum Gasteiger partial charge on any atom is 0.288 e. The fourth-order valence-corrected chi connectivity index (χ4v) is 1.84. The van der Waals surface area contributed by atoms with Gasteiger partial charge >= 0.3 is 0 Å². The molecule has 2 rings (SSSR count). The first-order valence-corrected chi connectivity index (χ1v) is 5.51. The molecular formula is C12H9ClN2O3. The molecule has 18 heavy (non-hydrogen) atoms. The van der Waals surface area contributed by atoms with E-state index in [-0.39, 0.29) is 16.3 Å². The van der Waals surface area contributed by atoms with Crippen molar-refractivity contribution in [1.82, 2.24) is 4.57 Å². The lowest BCUT2D eigenvalue weighted by Gasteiger charge is -2.06. The molecule has 0 N–H and O–H groups in total. The zero-order chi connectivity index (χ0) is 13.3. The van der Waals surface area contributed by atoms with Gasteiger partial charge in [-0.25, -0.2) is 0 Å². The maximum atomic E-state index is 11.9. The summed E-state index contributed by atoms with van der Waals surface area (Å²) in [7, 11) is 0. The van der Waals surface area contributed by atoms with Gasteiger partial charge in [0.2, 0.25) is 0 Å². The van der Waals surface area contributed by atoms with Gasteiger partial charge in [0.1, 0.15) is 5.02 Å². The largest absolute Gasteiger partial charge is 0.288 e. The summed E-state index contributed by atoms with van der Waals surface area (Å²) >= 11 is 5.81. The number of rotatable bonds is 2. The molecule has 0 bridgehead atoms. The Bertz CT molecular complexity index is 679. The Kier molecular flexibility index (Phi) is 3.16. The number of benzene rings is 1. The average molecular weight is 265 g/mol. The Morgan fingerprint density at radius 1 is 1.33 bits per heavy atom. The quantitative estimate of drug-likeness (QED) is 0.619. The highest BCUT2D eigenvalue weighted by molar-refractivity contribution is 6.32. The van der Waals surface area contributed by atoms with E-state index >= 15 is 0 Å².